The van der Waals surface area contributed by atoms with Crippen molar-refractivity contribution in [1.29, 1.82) is 0 Å². The quantitative estimate of drug-likeness (QED) is 0.912. The average molecular weight is 294 g/mol. The number of amides is 1. The van der Waals surface area contributed by atoms with Crippen LogP contribution in [0.4, 0.5) is 11.4 Å². The molecular formula is C19H22N2O. The van der Waals surface area contributed by atoms with Gasteiger partial charge in [0.15, 0.2) is 0 Å². The Bertz CT molecular complexity index is 663. The van der Waals surface area contributed by atoms with E-state index < -0.39 is 0 Å². The Hall–Kier alpha value is -2.29. The van der Waals surface area contributed by atoms with E-state index in [1.54, 1.807) is 0 Å². The fourth-order valence-electron chi connectivity index (χ4n) is 2.93. The Morgan fingerprint density at radius 3 is 2.55 bits per heavy atom. The van der Waals surface area contributed by atoms with Gasteiger partial charge in [0.1, 0.15) is 0 Å². The summed E-state index contributed by atoms with van der Waals surface area (Å²) in [6.07, 6.45) is 1.63. The number of rotatable bonds is 4. The summed E-state index contributed by atoms with van der Waals surface area (Å²) in [5, 5.41) is 3.51. The first kappa shape index (κ1) is 14.6. The lowest BCUT2D eigenvalue weighted by atomic mass is 10.1. The maximum atomic E-state index is 11.8. The van der Waals surface area contributed by atoms with Crippen LogP contribution < -0.4 is 10.2 Å². The molecule has 0 radical (unpaired) electrons. The van der Waals surface area contributed by atoms with Crippen LogP contribution in [-0.2, 0) is 4.79 Å². The first-order chi connectivity index (χ1) is 10.6. The van der Waals surface area contributed by atoms with Gasteiger partial charge in [0.2, 0.25) is 5.91 Å². The summed E-state index contributed by atoms with van der Waals surface area (Å²) in [6, 6.07) is 16.9. The number of hydrogen-bond acceptors (Lipinski definition) is 2. The van der Waals surface area contributed by atoms with Gasteiger partial charge in [-0.1, -0.05) is 29.8 Å². The van der Waals surface area contributed by atoms with Gasteiger partial charge in [-0.3, -0.25) is 4.79 Å². The van der Waals surface area contributed by atoms with Crippen molar-refractivity contribution in [3.05, 3.63) is 59.7 Å². The Balaban J connectivity index is 1.69. The lowest BCUT2D eigenvalue weighted by Gasteiger charge is -2.19. The Labute approximate surface area is 132 Å². The normalized spacial score (nSPS) is 15.9. The number of anilines is 2. The van der Waals surface area contributed by atoms with Crippen molar-refractivity contribution in [2.24, 2.45) is 0 Å². The van der Waals surface area contributed by atoms with E-state index in [2.05, 4.69) is 43.4 Å². The number of nitrogens with one attached hydrogen (secondary N) is 1. The number of carbonyl (C=O) groups excluding carboxylic acids is 1. The van der Waals surface area contributed by atoms with Gasteiger partial charge >= 0.3 is 0 Å². The van der Waals surface area contributed by atoms with E-state index in [0.29, 0.717) is 6.42 Å². The Morgan fingerprint density at radius 1 is 1.14 bits per heavy atom. The summed E-state index contributed by atoms with van der Waals surface area (Å²) in [6.45, 7) is 5.11. The van der Waals surface area contributed by atoms with E-state index >= 15 is 0 Å². The highest BCUT2D eigenvalue weighted by Crippen LogP contribution is 2.25. The minimum Gasteiger partial charge on any atom is -0.379 e. The predicted octanol–water partition coefficient (Wildman–Crippen LogP) is 4.29. The molecule has 0 spiro atoms. The summed E-state index contributed by atoms with van der Waals surface area (Å²) < 4.78 is 0. The monoisotopic (exact) mass is 294 g/mol. The molecule has 1 aliphatic rings. The van der Waals surface area contributed by atoms with Crippen molar-refractivity contribution in [3.8, 4) is 0 Å². The van der Waals surface area contributed by atoms with Crippen molar-refractivity contribution in [2.75, 3.05) is 16.8 Å². The molecule has 1 atom stereocenters. The molecule has 22 heavy (non-hydrogen) atoms. The van der Waals surface area contributed by atoms with E-state index in [0.717, 1.165) is 24.3 Å². The van der Waals surface area contributed by atoms with Crippen LogP contribution in [0.3, 0.4) is 0 Å². The highest BCUT2D eigenvalue weighted by molar-refractivity contribution is 5.95. The molecule has 1 N–H and O–H groups in total. The highest BCUT2D eigenvalue weighted by Gasteiger charge is 2.21. The Kier molecular flexibility index (Phi) is 4.14. The molecule has 0 saturated carbocycles. The number of aryl methyl sites for hydroxylation is 1. The molecule has 1 heterocycles. The first-order valence-electron chi connectivity index (χ1n) is 7.87. The SMILES string of the molecule is Cc1cccc(C(C)Nc2ccc(N3CCCC3=O)cc2)c1. The van der Waals surface area contributed by atoms with Crippen LogP contribution in [0.2, 0.25) is 0 Å². The van der Waals surface area contributed by atoms with Gasteiger partial charge in [-0.2, -0.15) is 0 Å². The number of hydrogen-bond donors (Lipinski definition) is 1. The number of carbonyl (C=O) groups is 1. The molecule has 1 aliphatic heterocycles. The molecule has 2 aromatic rings. The van der Waals surface area contributed by atoms with Gasteiger partial charge in [-0.05, 0) is 50.1 Å². The smallest absolute Gasteiger partial charge is 0.227 e. The maximum Gasteiger partial charge on any atom is 0.227 e. The topological polar surface area (TPSA) is 32.3 Å². The molecule has 1 fully saturated rings. The zero-order chi connectivity index (χ0) is 15.5. The molecule has 0 aliphatic carbocycles. The van der Waals surface area contributed by atoms with Crippen molar-refractivity contribution >= 4 is 17.3 Å². The number of benzene rings is 2. The van der Waals surface area contributed by atoms with Gasteiger partial charge in [-0.25, -0.2) is 0 Å². The third-order valence-electron chi connectivity index (χ3n) is 4.18. The molecule has 1 unspecified atom stereocenters. The zero-order valence-corrected chi connectivity index (χ0v) is 13.2. The van der Waals surface area contributed by atoms with Crippen molar-refractivity contribution in [2.45, 2.75) is 32.7 Å². The second kappa shape index (κ2) is 6.22. The fraction of sp³-hybridized carbons (Fsp3) is 0.316. The van der Waals surface area contributed by atoms with E-state index in [1.807, 2.05) is 29.2 Å². The van der Waals surface area contributed by atoms with Crippen LogP contribution in [-0.4, -0.2) is 12.5 Å². The summed E-state index contributed by atoms with van der Waals surface area (Å²) in [5.74, 6) is 0.230. The summed E-state index contributed by atoms with van der Waals surface area (Å²) >= 11 is 0. The lowest BCUT2D eigenvalue weighted by Crippen LogP contribution is -2.23. The maximum absolute atomic E-state index is 11.8. The second-order valence-corrected chi connectivity index (χ2v) is 5.98. The summed E-state index contributed by atoms with van der Waals surface area (Å²) in [7, 11) is 0. The minimum atomic E-state index is 0.230. The Morgan fingerprint density at radius 2 is 1.91 bits per heavy atom. The molecule has 114 valence electrons. The third-order valence-corrected chi connectivity index (χ3v) is 4.18. The van der Waals surface area contributed by atoms with E-state index in [9.17, 15) is 4.79 Å². The molecule has 0 aromatic heterocycles. The highest BCUT2D eigenvalue weighted by atomic mass is 16.2. The largest absolute Gasteiger partial charge is 0.379 e. The standard InChI is InChI=1S/C19H22N2O/c1-14-5-3-6-16(13-14)15(2)20-17-8-10-18(11-9-17)21-12-4-7-19(21)22/h3,5-6,8-11,13,15,20H,4,7,12H2,1-2H3. The van der Waals surface area contributed by atoms with Crippen molar-refractivity contribution in [3.63, 3.8) is 0 Å². The third kappa shape index (κ3) is 3.14. The van der Waals surface area contributed by atoms with E-state index in [4.69, 9.17) is 0 Å². The average Bonchev–Trinajstić information content (AvgIpc) is 2.94. The van der Waals surface area contributed by atoms with Gasteiger partial charge in [0.05, 0.1) is 0 Å². The minimum absolute atomic E-state index is 0.230. The molecular weight excluding hydrogens is 272 g/mol. The molecule has 1 amide bonds. The fourth-order valence-corrected chi connectivity index (χ4v) is 2.93. The molecule has 3 rings (SSSR count). The van der Waals surface area contributed by atoms with Crippen LogP contribution in [0.25, 0.3) is 0 Å². The molecule has 3 nitrogen and oxygen atoms in total. The molecule has 2 aromatic carbocycles. The molecule has 1 saturated heterocycles. The van der Waals surface area contributed by atoms with Crippen molar-refractivity contribution in [1.82, 2.24) is 0 Å². The van der Waals surface area contributed by atoms with Crippen LogP contribution in [0.1, 0.15) is 36.9 Å². The van der Waals surface area contributed by atoms with Gasteiger partial charge in [0, 0.05) is 30.4 Å². The first-order valence-corrected chi connectivity index (χ1v) is 7.87. The van der Waals surface area contributed by atoms with Gasteiger partial charge in [-0.15, -0.1) is 0 Å². The van der Waals surface area contributed by atoms with Crippen LogP contribution in [0.15, 0.2) is 48.5 Å². The zero-order valence-electron chi connectivity index (χ0n) is 13.2. The summed E-state index contributed by atoms with van der Waals surface area (Å²) in [4.78, 5) is 13.6. The second-order valence-electron chi connectivity index (χ2n) is 5.98. The molecule has 0 bridgehead atoms. The van der Waals surface area contributed by atoms with Gasteiger partial charge < -0.3 is 10.2 Å². The van der Waals surface area contributed by atoms with E-state index in [1.165, 1.54) is 11.1 Å². The predicted molar refractivity (Wildman–Crippen MR) is 91.2 cm³/mol. The lowest BCUT2D eigenvalue weighted by molar-refractivity contribution is -0.117. The van der Waals surface area contributed by atoms with Crippen LogP contribution in [0, 0.1) is 6.92 Å². The molecule has 3 heteroatoms. The van der Waals surface area contributed by atoms with Crippen molar-refractivity contribution < 1.29 is 4.79 Å². The van der Waals surface area contributed by atoms with Crippen LogP contribution >= 0.6 is 0 Å². The number of nitrogens with zero attached hydrogens (tertiary/aromatic N) is 1. The summed E-state index contributed by atoms with van der Waals surface area (Å²) in [5.41, 5.74) is 4.62. The van der Waals surface area contributed by atoms with Crippen LogP contribution in [0.5, 0.6) is 0 Å². The van der Waals surface area contributed by atoms with Gasteiger partial charge in [0.25, 0.3) is 0 Å². The van der Waals surface area contributed by atoms with E-state index in [-0.39, 0.29) is 11.9 Å².